The van der Waals surface area contributed by atoms with Crippen molar-refractivity contribution in [2.75, 3.05) is 10.1 Å². The van der Waals surface area contributed by atoms with Crippen LogP contribution in [-0.4, -0.2) is 47.6 Å². The number of rotatable bonds is 9. The molecule has 2 fully saturated rings. The van der Waals surface area contributed by atoms with Gasteiger partial charge >= 0.3 is 5.97 Å². The topological polar surface area (TPSA) is 115 Å². The summed E-state index contributed by atoms with van der Waals surface area (Å²) in [6.07, 6.45) is 7.38. The van der Waals surface area contributed by atoms with Crippen LogP contribution >= 0.6 is 0 Å². The van der Waals surface area contributed by atoms with E-state index in [9.17, 15) is 23.4 Å². The van der Waals surface area contributed by atoms with Crippen molar-refractivity contribution >= 4 is 21.7 Å². The number of nitrogens with zero attached hydrogens (tertiary/aromatic N) is 1. The van der Waals surface area contributed by atoms with E-state index in [4.69, 9.17) is 5.11 Å². The normalized spacial score (nSPS) is 23.3. The molecule has 8 heteroatoms. The molecule has 7 nitrogen and oxygen atoms in total. The van der Waals surface area contributed by atoms with Gasteiger partial charge in [0.15, 0.2) is 0 Å². The second-order valence-electron chi connectivity index (χ2n) is 9.94. The van der Waals surface area contributed by atoms with Crippen molar-refractivity contribution in [3.63, 3.8) is 0 Å². The average molecular weight is 502 g/mol. The van der Waals surface area contributed by atoms with Crippen molar-refractivity contribution < 1.29 is 28.5 Å². The fourth-order valence-electron chi connectivity index (χ4n) is 5.44. The predicted molar refractivity (Wildman–Crippen MR) is 135 cm³/mol. The molecule has 2 aliphatic rings. The van der Waals surface area contributed by atoms with Crippen LogP contribution in [0, 0.1) is 5.92 Å². The first-order chi connectivity index (χ1) is 16.7. The summed E-state index contributed by atoms with van der Waals surface area (Å²) in [7, 11) is -3.68. The average Bonchev–Trinajstić information content (AvgIpc) is 3.09. The summed E-state index contributed by atoms with van der Waals surface area (Å²) in [5.74, 6) is -0.640. The molecule has 1 saturated carbocycles. The maximum absolute atomic E-state index is 12.9. The van der Waals surface area contributed by atoms with E-state index in [1.165, 1.54) is 48.5 Å². The Morgan fingerprint density at radius 3 is 2.26 bits per heavy atom. The molecule has 3 N–H and O–H groups in total. The third-order valence-electron chi connectivity index (χ3n) is 7.46. The Kier molecular flexibility index (Phi) is 8.14. The molecule has 3 unspecified atom stereocenters. The van der Waals surface area contributed by atoms with Crippen molar-refractivity contribution in [2.45, 2.75) is 76.0 Å². The van der Waals surface area contributed by atoms with Gasteiger partial charge in [-0.1, -0.05) is 56.4 Å². The summed E-state index contributed by atoms with van der Waals surface area (Å²) in [6.45, 7) is 0. The van der Waals surface area contributed by atoms with Crippen LogP contribution in [0.25, 0.3) is 0 Å². The molecule has 1 aliphatic heterocycles. The van der Waals surface area contributed by atoms with Gasteiger partial charge < -0.3 is 15.3 Å². The van der Waals surface area contributed by atoms with Crippen LogP contribution in [0.5, 0.6) is 0 Å². The van der Waals surface area contributed by atoms with Crippen LogP contribution in [0.1, 0.15) is 79.0 Å². The number of aliphatic hydroxyl groups excluding tert-OH is 2. The number of carboxylic acids is 1. The Balaban J connectivity index is 1.42. The van der Waals surface area contributed by atoms with Crippen LogP contribution in [0.15, 0.2) is 48.5 Å². The molecule has 1 aliphatic carbocycles. The standard InChI is InChI=1S/C27H35NO6S/c29-25(17-9-19-4-2-1-3-5-19)21-12-14-23(15-13-21)28-24(26(30)18-35(28,33)34)16-8-20-6-10-22(11-7-20)27(31)32/h6-7,10-15,19,24-26,29-30H,1-5,8-9,16-18H2,(H,31,32). The lowest BCUT2D eigenvalue weighted by atomic mass is 9.85. The van der Waals surface area contributed by atoms with E-state index in [1.807, 2.05) is 0 Å². The minimum Gasteiger partial charge on any atom is -0.478 e. The molecule has 3 atom stereocenters. The van der Waals surface area contributed by atoms with Crippen molar-refractivity contribution in [1.29, 1.82) is 0 Å². The van der Waals surface area contributed by atoms with E-state index >= 15 is 0 Å². The number of benzene rings is 2. The van der Waals surface area contributed by atoms with Crippen LogP contribution < -0.4 is 4.31 Å². The Labute approximate surface area is 207 Å². The summed E-state index contributed by atoms with van der Waals surface area (Å²) in [5.41, 5.74) is 2.33. The number of hydrogen-bond donors (Lipinski definition) is 3. The van der Waals surface area contributed by atoms with E-state index in [0.29, 0.717) is 30.9 Å². The van der Waals surface area contributed by atoms with Crippen molar-refractivity contribution in [1.82, 2.24) is 0 Å². The van der Waals surface area contributed by atoms with Crippen molar-refractivity contribution in [2.24, 2.45) is 5.92 Å². The lowest BCUT2D eigenvalue weighted by Gasteiger charge is -2.27. The monoisotopic (exact) mass is 501 g/mol. The molecular weight excluding hydrogens is 466 g/mol. The molecule has 1 heterocycles. The van der Waals surface area contributed by atoms with Crippen LogP contribution in [-0.2, 0) is 16.4 Å². The molecule has 2 aromatic rings. The number of aromatic carboxylic acids is 1. The highest BCUT2D eigenvalue weighted by atomic mass is 32.2. The largest absolute Gasteiger partial charge is 0.478 e. The number of sulfonamides is 1. The SMILES string of the molecule is O=C(O)c1ccc(CCC2C(O)CS(=O)(=O)N2c2ccc(C(O)CCC3CCCCC3)cc2)cc1. The molecule has 0 spiro atoms. The van der Waals surface area contributed by atoms with Crippen molar-refractivity contribution in [3.05, 3.63) is 65.2 Å². The molecular formula is C27H35NO6S. The zero-order valence-corrected chi connectivity index (χ0v) is 20.7. The minimum absolute atomic E-state index is 0.194. The molecule has 0 radical (unpaired) electrons. The van der Waals surface area contributed by atoms with E-state index in [0.717, 1.165) is 17.5 Å². The quantitative estimate of drug-likeness (QED) is 0.472. The Morgan fingerprint density at radius 1 is 0.971 bits per heavy atom. The Morgan fingerprint density at radius 2 is 1.63 bits per heavy atom. The molecule has 2 aromatic carbocycles. The zero-order valence-electron chi connectivity index (χ0n) is 19.9. The van der Waals surface area contributed by atoms with Crippen LogP contribution in [0.4, 0.5) is 5.69 Å². The number of carboxylic acid groups (broad SMARTS) is 1. The third-order valence-corrected chi connectivity index (χ3v) is 9.31. The smallest absolute Gasteiger partial charge is 0.335 e. The van der Waals surface area contributed by atoms with Crippen LogP contribution in [0.3, 0.4) is 0 Å². The van der Waals surface area contributed by atoms with E-state index in [1.54, 1.807) is 36.4 Å². The lowest BCUT2D eigenvalue weighted by molar-refractivity contribution is 0.0697. The predicted octanol–water partition coefficient (Wildman–Crippen LogP) is 4.29. The number of aryl methyl sites for hydroxylation is 1. The van der Waals surface area contributed by atoms with Crippen molar-refractivity contribution in [3.8, 4) is 0 Å². The van der Waals surface area contributed by atoms with Gasteiger partial charge in [0.2, 0.25) is 10.0 Å². The molecule has 35 heavy (non-hydrogen) atoms. The molecule has 190 valence electrons. The highest BCUT2D eigenvalue weighted by Crippen LogP contribution is 2.34. The van der Waals surface area contributed by atoms with Gasteiger partial charge in [-0.15, -0.1) is 0 Å². The fourth-order valence-corrected chi connectivity index (χ4v) is 7.36. The van der Waals surface area contributed by atoms with Gasteiger partial charge in [-0.3, -0.25) is 4.31 Å². The van der Waals surface area contributed by atoms with Gasteiger partial charge in [0.25, 0.3) is 0 Å². The first kappa shape index (κ1) is 25.7. The van der Waals surface area contributed by atoms with Gasteiger partial charge in [-0.05, 0) is 67.0 Å². The Bertz CT molecular complexity index is 1090. The summed E-state index contributed by atoms with van der Waals surface area (Å²) in [4.78, 5) is 11.0. The summed E-state index contributed by atoms with van der Waals surface area (Å²) in [6, 6.07) is 12.9. The molecule has 4 rings (SSSR count). The van der Waals surface area contributed by atoms with Gasteiger partial charge in [-0.25, -0.2) is 13.2 Å². The van der Waals surface area contributed by atoms with E-state index in [2.05, 4.69) is 0 Å². The maximum Gasteiger partial charge on any atom is 0.335 e. The summed E-state index contributed by atoms with van der Waals surface area (Å²) >= 11 is 0. The van der Waals surface area contributed by atoms with Gasteiger partial charge in [-0.2, -0.15) is 0 Å². The van der Waals surface area contributed by atoms with Gasteiger partial charge in [0.1, 0.15) is 0 Å². The second kappa shape index (κ2) is 11.1. The number of anilines is 1. The first-order valence-electron chi connectivity index (χ1n) is 12.5. The molecule has 0 amide bonds. The maximum atomic E-state index is 12.9. The highest BCUT2D eigenvalue weighted by Gasteiger charge is 2.44. The Hall–Kier alpha value is -2.42. The third kappa shape index (κ3) is 6.23. The summed E-state index contributed by atoms with van der Waals surface area (Å²) in [5, 5.41) is 30.3. The zero-order chi connectivity index (χ0) is 25.0. The lowest BCUT2D eigenvalue weighted by Crippen LogP contribution is -2.37. The van der Waals surface area contributed by atoms with Gasteiger partial charge in [0, 0.05) is 0 Å². The number of hydrogen-bond acceptors (Lipinski definition) is 5. The second-order valence-corrected chi connectivity index (χ2v) is 11.8. The molecule has 0 bridgehead atoms. The number of carbonyl (C=O) groups is 1. The van der Waals surface area contributed by atoms with E-state index < -0.39 is 34.2 Å². The number of aliphatic hydroxyl groups is 2. The van der Waals surface area contributed by atoms with Crippen LogP contribution in [0.2, 0.25) is 0 Å². The highest BCUT2D eigenvalue weighted by molar-refractivity contribution is 7.93. The minimum atomic E-state index is -3.68. The fraction of sp³-hybridized carbons (Fsp3) is 0.519. The summed E-state index contributed by atoms with van der Waals surface area (Å²) < 4.78 is 27.0. The molecule has 1 saturated heterocycles. The van der Waals surface area contributed by atoms with E-state index in [-0.39, 0.29) is 11.3 Å². The van der Waals surface area contributed by atoms with Gasteiger partial charge in [0.05, 0.1) is 35.3 Å². The first-order valence-corrected chi connectivity index (χ1v) is 14.2. The molecule has 0 aromatic heterocycles.